The number of para-hydroxylation sites is 1. The third-order valence-electron chi connectivity index (χ3n) is 4.70. The number of aromatic nitrogens is 3. The predicted octanol–water partition coefficient (Wildman–Crippen LogP) is 4.51. The van der Waals surface area contributed by atoms with Gasteiger partial charge in [-0.15, -0.1) is 0 Å². The van der Waals surface area contributed by atoms with Crippen LogP contribution in [0.5, 0.6) is 0 Å². The van der Waals surface area contributed by atoms with Gasteiger partial charge in [-0.25, -0.2) is 4.39 Å². The highest BCUT2D eigenvalue weighted by Crippen LogP contribution is 2.19. The lowest BCUT2D eigenvalue weighted by atomic mass is 10.1. The second kappa shape index (κ2) is 8.08. The lowest BCUT2D eigenvalue weighted by molar-refractivity contribution is -0.116. The third kappa shape index (κ3) is 4.28. The lowest BCUT2D eigenvalue weighted by Crippen LogP contribution is -2.11. The molecule has 0 saturated heterocycles. The molecule has 2 aromatic carbocycles. The quantitative estimate of drug-likeness (QED) is 0.498. The minimum atomic E-state index is -0.259. The van der Waals surface area contributed by atoms with Crippen molar-refractivity contribution in [2.45, 2.75) is 25.8 Å². The van der Waals surface area contributed by atoms with Gasteiger partial charge >= 0.3 is 0 Å². The molecule has 0 aliphatic heterocycles. The summed E-state index contributed by atoms with van der Waals surface area (Å²) >= 11 is 0. The van der Waals surface area contributed by atoms with Gasteiger partial charge in [0.2, 0.25) is 5.91 Å². The van der Waals surface area contributed by atoms with Crippen molar-refractivity contribution < 1.29 is 9.18 Å². The maximum Gasteiger partial charge on any atom is 0.224 e. The van der Waals surface area contributed by atoms with Gasteiger partial charge in [0, 0.05) is 29.7 Å². The summed E-state index contributed by atoms with van der Waals surface area (Å²) in [6, 6.07) is 14.5. The number of H-pyrrole nitrogens is 1. The van der Waals surface area contributed by atoms with Gasteiger partial charge < -0.3 is 10.3 Å². The number of benzene rings is 2. The molecule has 0 unspecified atom stereocenters. The Labute approximate surface area is 162 Å². The van der Waals surface area contributed by atoms with Crippen molar-refractivity contribution >= 4 is 22.5 Å². The molecule has 0 radical (unpaired) electrons. The fourth-order valence-corrected chi connectivity index (χ4v) is 3.29. The number of rotatable bonds is 7. The Balaban J connectivity index is 1.27. The molecular formula is C22H21FN4O. The van der Waals surface area contributed by atoms with Gasteiger partial charge in [0.25, 0.3) is 0 Å². The van der Waals surface area contributed by atoms with Crippen LogP contribution in [-0.2, 0) is 17.8 Å². The van der Waals surface area contributed by atoms with E-state index in [-0.39, 0.29) is 11.7 Å². The van der Waals surface area contributed by atoms with Crippen molar-refractivity contribution in [1.29, 1.82) is 0 Å². The zero-order chi connectivity index (χ0) is 19.3. The number of hydrogen-bond donors (Lipinski definition) is 2. The Hall–Kier alpha value is -3.41. The van der Waals surface area contributed by atoms with Crippen molar-refractivity contribution in [3.63, 3.8) is 0 Å². The summed E-state index contributed by atoms with van der Waals surface area (Å²) in [5.74, 6) is -0.286. The second-order valence-corrected chi connectivity index (χ2v) is 6.81. The summed E-state index contributed by atoms with van der Waals surface area (Å²) in [5.41, 5.74) is 3.96. The Kier molecular flexibility index (Phi) is 5.19. The Bertz CT molecular complexity index is 1080. The zero-order valence-corrected chi connectivity index (χ0v) is 15.4. The number of aromatic amines is 1. The highest BCUT2D eigenvalue weighted by molar-refractivity contribution is 5.90. The number of fused-ring (bicyclic) bond motifs is 1. The number of amides is 1. The van der Waals surface area contributed by atoms with Gasteiger partial charge in [-0.05, 0) is 42.2 Å². The minimum Gasteiger partial charge on any atom is -0.361 e. The summed E-state index contributed by atoms with van der Waals surface area (Å²) in [5, 5.41) is 8.34. The molecule has 4 aromatic rings. The minimum absolute atomic E-state index is 0.0267. The first-order chi connectivity index (χ1) is 13.7. The highest BCUT2D eigenvalue weighted by atomic mass is 19.1. The van der Waals surface area contributed by atoms with Crippen LogP contribution in [0.1, 0.15) is 24.0 Å². The number of aryl methyl sites for hydroxylation is 1. The average molecular weight is 376 g/mol. The molecule has 0 atom stereocenters. The monoisotopic (exact) mass is 376 g/mol. The van der Waals surface area contributed by atoms with Crippen molar-refractivity contribution in [1.82, 2.24) is 14.8 Å². The van der Waals surface area contributed by atoms with Crippen LogP contribution in [0.2, 0.25) is 0 Å². The largest absolute Gasteiger partial charge is 0.361 e. The standard InChI is InChI=1S/C22H21FN4O/c23-18-10-8-16(9-11-18)14-27-15-19(13-25-27)26-22(28)7-3-4-17-12-24-21-6-2-1-5-20(17)21/h1-2,5-6,8-13,15,24H,3-4,7,14H2,(H,26,28). The van der Waals surface area contributed by atoms with Crippen LogP contribution >= 0.6 is 0 Å². The molecule has 0 spiro atoms. The maximum absolute atomic E-state index is 13.0. The normalized spacial score (nSPS) is 11.0. The average Bonchev–Trinajstić information content (AvgIpc) is 3.31. The molecule has 6 heteroatoms. The fraction of sp³-hybridized carbons (Fsp3) is 0.182. The summed E-state index contributed by atoms with van der Waals surface area (Å²) in [6.07, 6.45) is 7.49. The van der Waals surface area contributed by atoms with Crippen LogP contribution in [0.15, 0.2) is 67.1 Å². The molecule has 1 amide bonds. The van der Waals surface area contributed by atoms with Gasteiger partial charge in [0.05, 0.1) is 18.4 Å². The number of halogens is 1. The van der Waals surface area contributed by atoms with Crippen LogP contribution in [0.3, 0.4) is 0 Å². The van der Waals surface area contributed by atoms with Gasteiger partial charge in [-0.1, -0.05) is 30.3 Å². The van der Waals surface area contributed by atoms with E-state index in [0.29, 0.717) is 18.7 Å². The van der Waals surface area contributed by atoms with Crippen molar-refractivity contribution in [3.05, 3.63) is 84.1 Å². The first-order valence-corrected chi connectivity index (χ1v) is 9.29. The van der Waals surface area contributed by atoms with Crippen molar-refractivity contribution in [2.75, 3.05) is 5.32 Å². The van der Waals surface area contributed by atoms with E-state index in [1.807, 2.05) is 18.3 Å². The van der Waals surface area contributed by atoms with Gasteiger partial charge in [-0.2, -0.15) is 5.10 Å². The lowest BCUT2D eigenvalue weighted by Gasteiger charge is -2.03. The van der Waals surface area contributed by atoms with E-state index in [2.05, 4.69) is 27.5 Å². The molecule has 0 bridgehead atoms. The van der Waals surface area contributed by atoms with Crippen molar-refractivity contribution in [3.8, 4) is 0 Å². The number of carbonyl (C=O) groups excluding carboxylic acids is 1. The van der Waals surface area contributed by atoms with E-state index in [1.165, 1.54) is 23.1 Å². The van der Waals surface area contributed by atoms with Gasteiger partial charge in [0.1, 0.15) is 5.82 Å². The molecule has 0 saturated carbocycles. The molecule has 142 valence electrons. The predicted molar refractivity (Wildman–Crippen MR) is 108 cm³/mol. The number of carbonyl (C=O) groups is 1. The molecule has 0 fully saturated rings. The van der Waals surface area contributed by atoms with Crippen LogP contribution in [0, 0.1) is 5.82 Å². The summed E-state index contributed by atoms with van der Waals surface area (Å²) in [7, 11) is 0. The molecule has 0 aliphatic carbocycles. The van der Waals surface area contributed by atoms with Crippen LogP contribution in [-0.4, -0.2) is 20.7 Å². The molecule has 2 heterocycles. The topological polar surface area (TPSA) is 62.7 Å². The molecule has 2 aromatic heterocycles. The highest BCUT2D eigenvalue weighted by Gasteiger charge is 2.07. The number of anilines is 1. The SMILES string of the molecule is O=C(CCCc1c[nH]c2ccccc12)Nc1cnn(Cc2ccc(F)cc2)c1. The summed E-state index contributed by atoms with van der Waals surface area (Å²) in [4.78, 5) is 15.5. The number of nitrogens with one attached hydrogen (secondary N) is 2. The summed E-state index contributed by atoms with van der Waals surface area (Å²) < 4.78 is 14.7. The van der Waals surface area contributed by atoms with Gasteiger partial charge in [-0.3, -0.25) is 9.48 Å². The smallest absolute Gasteiger partial charge is 0.224 e. The van der Waals surface area contributed by atoms with Crippen LogP contribution in [0.25, 0.3) is 10.9 Å². The molecule has 28 heavy (non-hydrogen) atoms. The second-order valence-electron chi connectivity index (χ2n) is 6.81. The third-order valence-corrected chi connectivity index (χ3v) is 4.70. The first-order valence-electron chi connectivity index (χ1n) is 9.29. The van der Waals surface area contributed by atoms with E-state index < -0.39 is 0 Å². The van der Waals surface area contributed by atoms with Crippen molar-refractivity contribution in [2.24, 2.45) is 0 Å². The Morgan fingerprint density at radius 1 is 1.14 bits per heavy atom. The van der Waals surface area contributed by atoms with E-state index >= 15 is 0 Å². The maximum atomic E-state index is 13.0. The Morgan fingerprint density at radius 3 is 2.82 bits per heavy atom. The number of hydrogen-bond acceptors (Lipinski definition) is 2. The van der Waals surface area contributed by atoms with E-state index in [1.54, 1.807) is 29.2 Å². The van der Waals surface area contributed by atoms with Crippen LogP contribution < -0.4 is 5.32 Å². The van der Waals surface area contributed by atoms with E-state index in [9.17, 15) is 9.18 Å². The fourth-order valence-electron chi connectivity index (χ4n) is 3.29. The van der Waals surface area contributed by atoms with Gasteiger partial charge in [0.15, 0.2) is 0 Å². The van der Waals surface area contributed by atoms with Crippen LogP contribution in [0.4, 0.5) is 10.1 Å². The molecule has 2 N–H and O–H groups in total. The van der Waals surface area contributed by atoms with E-state index in [0.717, 1.165) is 23.9 Å². The molecule has 5 nitrogen and oxygen atoms in total. The first kappa shape index (κ1) is 18.0. The molecule has 0 aliphatic rings. The zero-order valence-electron chi connectivity index (χ0n) is 15.4. The number of nitrogens with zero attached hydrogens (tertiary/aromatic N) is 2. The molecular weight excluding hydrogens is 355 g/mol. The summed E-state index contributed by atoms with van der Waals surface area (Å²) in [6.45, 7) is 0.525. The Morgan fingerprint density at radius 2 is 1.96 bits per heavy atom. The molecule has 4 rings (SSSR count). The van der Waals surface area contributed by atoms with E-state index in [4.69, 9.17) is 0 Å².